The number of amides is 1. The molecule has 0 spiro atoms. The molecule has 2 N–H and O–H groups in total. The number of carbonyl (C=O) groups excluding carboxylic acids is 1. The monoisotopic (exact) mass is 231 g/mol. The Bertz CT molecular complexity index is 209. The van der Waals surface area contributed by atoms with Crippen LogP contribution >= 0.6 is 11.8 Å². The third kappa shape index (κ3) is 4.43. The summed E-state index contributed by atoms with van der Waals surface area (Å²) in [6.07, 6.45) is 3.18. The molecule has 0 aromatic rings. The second-order valence-corrected chi connectivity index (χ2v) is 5.97. The van der Waals surface area contributed by atoms with E-state index in [0.29, 0.717) is 11.0 Å². The summed E-state index contributed by atoms with van der Waals surface area (Å²) in [6.45, 7) is 4.37. The standard InChI is InChI=1S/C11H21NO2S/c1-8(2)15-7-11(14)12-10-5-3-4-9(10)6-13/h8-10,13H,3-7H2,1-2H3,(H,12,14). The van der Waals surface area contributed by atoms with Gasteiger partial charge in [-0.3, -0.25) is 4.79 Å². The molecule has 0 heterocycles. The van der Waals surface area contributed by atoms with Gasteiger partial charge in [-0.25, -0.2) is 0 Å². The van der Waals surface area contributed by atoms with Crippen LogP contribution in [0.5, 0.6) is 0 Å². The summed E-state index contributed by atoms with van der Waals surface area (Å²) >= 11 is 1.66. The Morgan fingerprint density at radius 1 is 1.53 bits per heavy atom. The Kier molecular flexibility index (Phi) is 5.47. The number of carbonyl (C=O) groups is 1. The average molecular weight is 231 g/mol. The molecule has 2 unspecified atom stereocenters. The highest BCUT2D eigenvalue weighted by Crippen LogP contribution is 2.25. The molecule has 2 atom stereocenters. The van der Waals surface area contributed by atoms with Gasteiger partial charge in [-0.1, -0.05) is 20.3 Å². The van der Waals surface area contributed by atoms with Crippen molar-refractivity contribution >= 4 is 17.7 Å². The number of aliphatic hydroxyl groups excluding tert-OH is 1. The molecule has 0 radical (unpaired) electrons. The van der Waals surface area contributed by atoms with E-state index in [2.05, 4.69) is 19.2 Å². The smallest absolute Gasteiger partial charge is 0.230 e. The molecule has 1 rings (SSSR count). The Morgan fingerprint density at radius 2 is 2.27 bits per heavy atom. The van der Waals surface area contributed by atoms with E-state index in [9.17, 15) is 4.79 Å². The molecule has 4 heteroatoms. The molecular formula is C11H21NO2S. The number of aliphatic hydroxyl groups is 1. The molecular weight excluding hydrogens is 210 g/mol. The van der Waals surface area contributed by atoms with Gasteiger partial charge in [-0.15, -0.1) is 11.8 Å². The maximum Gasteiger partial charge on any atom is 0.230 e. The van der Waals surface area contributed by atoms with Crippen LogP contribution in [0.1, 0.15) is 33.1 Å². The first kappa shape index (κ1) is 12.8. The Morgan fingerprint density at radius 3 is 2.87 bits per heavy atom. The van der Waals surface area contributed by atoms with E-state index in [1.807, 2.05) is 0 Å². The summed E-state index contributed by atoms with van der Waals surface area (Å²) in [6, 6.07) is 0.204. The van der Waals surface area contributed by atoms with Gasteiger partial charge in [-0.2, -0.15) is 0 Å². The van der Waals surface area contributed by atoms with Crippen LogP contribution in [0, 0.1) is 5.92 Å². The van der Waals surface area contributed by atoms with Crippen molar-refractivity contribution in [3.63, 3.8) is 0 Å². The SMILES string of the molecule is CC(C)SCC(=O)NC1CCCC1CO. The van der Waals surface area contributed by atoms with Crippen LogP contribution < -0.4 is 5.32 Å². The van der Waals surface area contributed by atoms with E-state index in [0.717, 1.165) is 19.3 Å². The highest BCUT2D eigenvalue weighted by molar-refractivity contribution is 8.00. The molecule has 88 valence electrons. The van der Waals surface area contributed by atoms with Crippen LogP contribution in [0.3, 0.4) is 0 Å². The molecule has 0 aromatic heterocycles. The Hall–Kier alpha value is -0.220. The molecule has 0 aliphatic heterocycles. The summed E-state index contributed by atoms with van der Waals surface area (Å²) in [5, 5.41) is 12.6. The highest BCUT2D eigenvalue weighted by Gasteiger charge is 2.27. The third-order valence-electron chi connectivity index (χ3n) is 2.79. The Balaban J connectivity index is 2.24. The minimum Gasteiger partial charge on any atom is -0.396 e. The van der Waals surface area contributed by atoms with Crippen LogP contribution in [0.4, 0.5) is 0 Å². The first-order chi connectivity index (χ1) is 7.13. The maximum absolute atomic E-state index is 11.6. The lowest BCUT2D eigenvalue weighted by atomic mass is 10.1. The first-order valence-corrected chi connectivity index (χ1v) is 6.70. The predicted octanol–water partition coefficient (Wildman–Crippen LogP) is 1.41. The number of hydrogen-bond acceptors (Lipinski definition) is 3. The van der Waals surface area contributed by atoms with Gasteiger partial charge in [0.25, 0.3) is 0 Å². The molecule has 1 aliphatic rings. The zero-order valence-corrected chi connectivity index (χ0v) is 10.3. The van der Waals surface area contributed by atoms with E-state index >= 15 is 0 Å². The second-order valence-electron chi connectivity index (χ2n) is 4.41. The van der Waals surface area contributed by atoms with E-state index in [-0.39, 0.29) is 24.5 Å². The van der Waals surface area contributed by atoms with Crippen molar-refractivity contribution in [1.82, 2.24) is 5.32 Å². The van der Waals surface area contributed by atoms with Gasteiger partial charge in [0.05, 0.1) is 5.75 Å². The zero-order valence-electron chi connectivity index (χ0n) is 9.53. The molecule has 1 aliphatic carbocycles. The largest absolute Gasteiger partial charge is 0.396 e. The summed E-state index contributed by atoms with van der Waals surface area (Å²) in [5.41, 5.74) is 0. The molecule has 1 amide bonds. The van der Waals surface area contributed by atoms with E-state index in [1.54, 1.807) is 11.8 Å². The number of nitrogens with one attached hydrogen (secondary N) is 1. The van der Waals surface area contributed by atoms with Gasteiger partial charge in [-0.05, 0) is 18.1 Å². The topological polar surface area (TPSA) is 49.3 Å². The number of thioether (sulfide) groups is 1. The fourth-order valence-corrected chi connectivity index (χ4v) is 2.50. The van der Waals surface area contributed by atoms with Crippen LogP contribution in [-0.2, 0) is 4.79 Å². The fraction of sp³-hybridized carbons (Fsp3) is 0.909. The summed E-state index contributed by atoms with van der Waals surface area (Å²) in [5.74, 6) is 0.920. The molecule has 1 saturated carbocycles. The van der Waals surface area contributed by atoms with Crippen molar-refractivity contribution in [2.75, 3.05) is 12.4 Å². The molecule has 0 saturated heterocycles. The van der Waals surface area contributed by atoms with Gasteiger partial charge >= 0.3 is 0 Å². The van der Waals surface area contributed by atoms with E-state index in [4.69, 9.17) is 5.11 Å². The second kappa shape index (κ2) is 6.38. The van der Waals surface area contributed by atoms with Crippen molar-refractivity contribution in [3.8, 4) is 0 Å². The van der Waals surface area contributed by atoms with Crippen molar-refractivity contribution < 1.29 is 9.90 Å². The van der Waals surface area contributed by atoms with Gasteiger partial charge in [0.1, 0.15) is 0 Å². The van der Waals surface area contributed by atoms with Crippen molar-refractivity contribution in [1.29, 1.82) is 0 Å². The summed E-state index contributed by atoms with van der Waals surface area (Å²) in [4.78, 5) is 11.6. The minimum atomic E-state index is 0.110. The van der Waals surface area contributed by atoms with Crippen molar-refractivity contribution in [2.45, 2.75) is 44.4 Å². The quantitative estimate of drug-likeness (QED) is 0.752. The van der Waals surface area contributed by atoms with Gasteiger partial charge in [0, 0.05) is 18.6 Å². The first-order valence-electron chi connectivity index (χ1n) is 5.65. The number of rotatable bonds is 5. The van der Waals surface area contributed by atoms with Crippen LogP contribution in [0.25, 0.3) is 0 Å². The molecule has 0 bridgehead atoms. The molecule has 1 fully saturated rings. The lowest BCUT2D eigenvalue weighted by molar-refractivity contribution is -0.119. The lowest BCUT2D eigenvalue weighted by Gasteiger charge is -2.19. The normalized spacial score (nSPS) is 25.9. The van der Waals surface area contributed by atoms with E-state index in [1.165, 1.54) is 0 Å². The lowest BCUT2D eigenvalue weighted by Crippen LogP contribution is -2.39. The molecule has 15 heavy (non-hydrogen) atoms. The minimum absolute atomic E-state index is 0.110. The van der Waals surface area contributed by atoms with E-state index < -0.39 is 0 Å². The predicted molar refractivity (Wildman–Crippen MR) is 64.0 cm³/mol. The van der Waals surface area contributed by atoms with Crippen molar-refractivity contribution in [2.24, 2.45) is 5.92 Å². The van der Waals surface area contributed by atoms with Crippen LogP contribution in [0.2, 0.25) is 0 Å². The highest BCUT2D eigenvalue weighted by atomic mass is 32.2. The molecule has 0 aromatic carbocycles. The zero-order chi connectivity index (χ0) is 11.3. The maximum atomic E-state index is 11.6. The molecule has 3 nitrogen and oxygen atoms in total. The summed E-state index contributed by atoms with van der Waals surface area (Å²) in [7, 11) is 0. The van der Waals surface area contributed by atoms with Crippen LogP contribution in [-0.4, -0.2) is 34.7 Å². The third-order valence-corrected chi connectivity index (χ3v) is 3.88. The van der Waals surface area contributed by atoms with Gasteiger partial charge in [0.15, 0.2) is 0 Å². The number of hydrogen-bond donors (Lipinski definition) is 2. The van der Waals surface area contributed by atoms with Crippen molar-refractivity contribution in [3.05, 3.63) is 0 Å². The van der Waals surface area contributed by atoms with Gasteiger partial charge in [0.2, 0.25) is 5.91 Å². The summed E-state index contributed by atoms with van der Waals surface area (Å²) < 4.78 is 0. The average Bonchev–Trinajstić information content (AvgIpc) is 2.62. The van der Waals surface area contributed by atoms with Crippen LogP contribution in [0.15, 0.2) is 0 Å². The Labute approximate surface area is 96.0 Å². The van der Waals surface area contributed by atoms with Gasteiger partial charge < -0.3 is 10.4 Å². The fourth-order valence-electron chi connectivity index (χ4n) is 1.94.